The van der Waals surface area contributed by atoms with Crippen LogP contribution in [0.3, 0.4) is 0 Å². The number of ether oxygens (including phenoxy) is 2. The summed E-state index contributed by atoms with van der Waals surface area (Å²) in [4.78, 5) is 7.08. The fourth-order valence-corrected chi connectivity index (χ4v) is 5.55. The molecule has 7 nitrogen and oxygen atoms in total. The summed E-state index contributed by atoms with van der Waals surface area (Å²) >= 11 is 0. The van der Waals surface area contributed by atoms with Gasteiger partial charge < -0.3 is 14.4 Å². The second kappa shape index (κ2) is 8.73. The molecular weight excluding hydrogens is 457 g/mol. The van der Waals surface area contributed by atoms with Gasteiger partial charge in [-0.3, -0.25) is 0 Å². The van der Waals surface area contributed by atoms with Crippen LogP contribution in [0.5, 0.6) is 17.2 Å². The van der Waals surface area contributed by atoms with E-state index in [0.29, 0.717) is 41.9 Å². The van der Waals surface area contributed by atoms with Gasteiger partial charge in [-0.1, -0.05) is 6.07 Å². The van der Waals surface area contributed by atoms with E-state index in [1.54, 1.807) is 7.11 Å². The van der Waals surface area contributed by atoms with Crippen molar-refractivity contribution in [2.75, 3.05) is 33.3 Å². The van der Waals surface area contributed by atoms with Crippen LogP contribution in [0.1, 0.15) is 11.1 Å². The molecule has 5 rings (SSSR count). The zero-order valence-electron chi connectivity index (χ0n) is 18.9. The summed E-state index contributed by atoms with van der Waals surface area (Å²) < 4.78 is 52.4. The van der Waals surface area contributed by atoms with E-state index in [1.807, 2.05) is 43.3 Å². The molecule has 0 amide bonds. The molecule has 1 fully saturated rings. The lowest BCUT2D eigenvalue weighted by molar-refractivity contribution is 0.266. The van der Waals surface area contributed by atoms with Crippen molar-refractivity contribution in [3.63, 3.8) is 0 Å². The summed E-state index contributed by atoms with van der Waals surface area (Å²) in [6, 6.07) is 16.3. The van der Waals surface area contributed by atoms with E-state index in [1.165, 1.54) is 16.4 Å². The number of methoxy groups -OCH3 is 1. The Morgan fingerprint density at radius 1 is 0.941 bits per heavy atom. The zero-order chi connectivity index (χ0) is 23.9. The summed E-state index contributed by atoms with van der Waals surface area (Å²) in [5, 5.41) is 0. The number of halogens is 1. The number of amidine groups is 1. The third-order valence-corrected chi connectivity index (χ3v) is 7.89. The number of hydrogen-bond acceptors (Lipinski definition) is 6. The smallest absolute Gasteiger partial charge is 0.243 e. The topological polar surface area (TPSA) is 71.4 Å². The number of piperazine rings is 1. The first kappa shape index (κ1) is 22.4. The number of fused-ring (bicyclic) bond motifs is 2. The fraction of sp³-hybridized carbons (Fsp3) is 0.240. The largest absolute Gasteiger partial charge is 0.497 e. The lowest BCUT2D eigenvalue weighted by atomic mass is 10.1. The van der Waals surface area contributed by atoms with Crippen LogP contribution in [0.4, 0.5) is 10.1 Å². The average Bonchev–Trinajstić information content (AvgIpc) is 3.00. The average molecular weight is 482 g/mol. The lowest BCUT2D eigenvalue weighted by Gasteiger charge is -2.36. The Bertz CT molecular complexity index is 1370. The quantitative estimate of drug-likeness (QED) is 0.557. The highest BCUT2D eigenvalue weighted by Gasteiger charge is 2.31. The van der Waals surface area contributed by atoms with Gasteiger partial charge in [0.2, 0.25) is 10.0 Å². The van der Waals surface area contributed by atoms with E-state index >= 15 is 0 Å². The predicted octanol–water partition coefficient (Wildman–Crippen LogP) is 4.33. The Hall–Kier alpha value is -3.43. The summed E-state index contributed by atoms with van der Waals surface area (Å²) in [6.45, 7) is 3.43. The highest BCUT2D eigenvalue weighted by molar-refractivity contribution is 7.89. The maximum absolute atomic E-state index is 13.3. The van der Waals surface area contributed by atoms with Gasteiger partial charge in [0.05, 0.1) is 17.6 Å². The number of sulfonamides is 1. The van der Waals surface area contributed by atoms with Gasteiger partial charge in [0, 0.05) is 26.2 Å². The van der Waals surface area contributed by atoms with Gasteiger partial charge in [0.25, 0.3) is 0 Å². The van der Waals surface area contributed by atoms with Crippen molar-refractivity contribution in [2.24, 2.45) is 4.99 Å². The second-order valence-electron chi connectivity index (χ2n) is 8.22. The van der Waals surface area contributed by atoms with E-state index in [2.05, 4.69) is 4.90 Å². The highest BCUT2D eigenvalue weighted by atomic mass is 32.2. The Labute approximate surface area is 198 Å². The zero-order valence-corrected chi connectivity index (χ0v) is 19.7. The molecule has 0 N–H and O–H groups in total. The van der Waals surface area contributed by atoms with E-state index < -0.39 is 15.8 Å². The molecule has 0 aromatic heterocycles. The van der Waals surface area contributed by atoms with Crippen LogP contribution in [0.15, 0.2) is 70.6 Å². The van der Waals surface area contributed by atoms with Crippen LogP contribution in [0.2, 0.25) is 0 Å². The molecule has 2 aliphatic rings. The third kappa shape index (κ3) is 4.12. The van der Waals surface area contributed by atoms with Gasteiger partial charge in [-0.05, 0) is 67.1 Å². The fourth-order valence-electron chi connectivity index (χ4n) is 4.13. The Morgan fingerprint density at radius 2 is 1.68 bits per heavy atom. The number of rotatable bonds is 3. The molecule has 0 radical (unpaired) electrons. The standard InChI is InChI=1S/C25H24FN3O4S/c1-17-3-9-22-24(15-17)33-23-10-6-19(32-2)16-21(23)25(27-22)28-11-13-29(14-12-28)34(30,31)20-7-4-18(26)5-8-20/h3-10,15-16H,11-14H2,1-2H3. The molecule has 2 heterocycles. The van der Waals surface area contributed by atoms with Crippen LogP contribution in [0, 0.1) is 12.7 Å². The van der Waals surface area contributed by atoms with Crippen molar-refractivity contribution in [1.82, 2.24) is 9.21 Å². The van der Waals surface area contributed by atoms with E-state index in [-0.39, 0.29) is 18.0 Å². The number of aliphatic imine (C=N–C) groups is 1. The number of aryl methyl sites for hydroxylation is 1. The minimum absolute atomic E-state index is 0.0851. The summed E-state index contributed by atoms with van der Waals surface area (Å²) in [5.41, 5.74) is 2.55. The molecule has 0 aliphatic carbocycles. The SMILES string of the molecule is COc1ccc2c(c1)C(N1CCN(S(=O)(=O)c3ccc(F)cc3)CC1)=Nc1ccc(C)cc1O2. The Morgan fingerprint density at radius 3 is 2.38 bits per heavy atom. The normalized spacial score (nSPS) is 16.1. The van der Waals surface area contributed by atoms with E-state index in [9.17, 15) is 12.8 Å². The number of nitrogens with zero attached hydrogens (tertiary/aromatic N) is 3. The summed E-state index contributed by atoms with van der Waals surface area (Å²) in [7, 11) is -2.10. The lowest BCUT2D eigenvalue weighted by Crippen LogP contribution is -2.50. The van der Waals surface area contributed by atoms with Crippen LogP contribution < -0.4 is 9.47 Å². The molecule has 0 unspecified atom stereocenters. The third-order valence-electron chi connectivity index (χ3n) is 5.98. The first-order chi connectivity index (χ1) is 16.3. The van der Waals surface area contributed by atoms with Crippen molar-refractivity contribution in [3.05, 3.63) is 77.6 Å². The highest BCUT2D eigenvalue weighted by Crippen LogP contribution is 2.40. The summed E-state index contributed by atoms with van der Waals surface area (Å²) in [5.74, 6) is 2.23. The van der Waals surface area contributed by atoms with Crippen LogP contribution in [0.25, 0.3) is 0 Å². The molecule has 2 aliphatic heterocycles. The van der Waals surface area contributed by atoms with Crippen LogP contribution >= 0.6 is 0 Å². The van der Waals surface area contributed by atoms with Crippen molar-refractivity contribution in [1.29, 1.82) is 0 Å². The van der Waals surface area contributed by atoms with Crippen LogP contribution in [-0.4, -0.2) is 56.7 Å². The Balaban J connectivity index is 1.46. The predicted molar refractivity (Wildman–Crippen MR) is 127 cm³/mol. The van der Waals surface area contributed by atoms with Gasteiger partial charge in [-0.25, -0.2) is 17.8 Å². The van der Waals surface area contributed by atoms with Crippen LogP contribution in [-0.2, 0) is 10.0 Å². The molecule has 0 atom stereocenters. The maximum atomic E-state index is 13.3. The van der Waals surface area contributed by atoms with Crippen molar-refractivity contribution >= 4 is 21.5 Å². The van der Waals surface area contributed by atoms with Gasteiger partial charge in [-0.15, -0.1) is 0 Å². The van der Waals surface area contributed by atoms with Crippen molar-refractivity contribution < 1.29 is 22.3 Å². The molecule has 0 saturated carbocycles. The molecule has 1 saturated heterocycles. The first-order valence-corrected chi connectivity index (χ1v) is 12.4. The molecule has 3 aromatic rings. The van der Waals surface area contributed by atoms with Gasteiger partial charge in [0.15, 0.2) is 5.75 Å². The first-order valence-electron chi connectivity index (χ1n) is 10.9. The molecular formula is C25H24FN3O4S. The Kier molecular flexibility index (Phi) is 5.75. The molecule has 0 spiro atoms. The van der Waals surface area contributed by atoms with Gasteiger partial charge in [0.1, 0.15) is 28.8 Å². The van der Waals surface area contributed by atoms with Gasteiger partial charge in [-0.2, -0.15) is 4.31 Å². The van der Waals surface area contributed by atoms with E-state index in [4.69, 9.17) is 14.5 Å². The number of hydrogen-bond donors (Lipinski definition) is 0. The molecule has 0 bridgehead atoms. The van der Waals surface area contributed by atoms with Crippen molar-refractivity contribution in [2.45, 2.75) is 11.8 Å². The monoisotopic (exact) mass is 481 g/mol. The maximum Gasteiger partial charge on any atom is 0.243 e. The molecule has 9 heteroatoms. The number of benzene rings is 3. The second-order valence-corrected chi connectivity index (χ2v) is 10.2. The molecule has 176 valence electrons. The van der Waals surface area contributed by atoms with Gasteiger partial charge >= 0.3 is 0 Å². The summed E-state index contributed by atoms with van der Waals surface area (Å²) in [6.07, 6.45) is 0. The van der Waals surface area contributed by atoms with Crippen molar-refractivity contribution in [3.8, 4) is 17.2 Å². The minimum Gasteiger partial charge on any atom is -0.497 e. The molecule has 3 aromatic carbocycles. The molecule has 34 heavy (non-hydrogen) atoms. The van der Waals surface area contributed by atoms with E-state index in [0.717, 1.165) is 23.3 Å². The minimum atomic E-state index is -3.71.